The summed E-state index contributed by atoms with van der Waals surface area (Å²) in [6, 6.07) is 0. The molecule has 0 N–H and O–H groups in total. The van der Waals surface area contributed by atoms with E-state index >= 15 is 0 Å². The lowest BCUT2D eigenvalue weighted by molar-refractivity contribution is 0.740. The first-order valence-corrected chi connectivity index (χ1v) is 9.26. The summed E-state index contributed by atoms with van der Waals surface area (Å²) in [5.41, 5.74) is 5.16. The Balaban J connectivity index is 1.72. The van der Waals surface area contributed by atoms with Gasteiger partial charge in [0.2, 0.25) is 0 Å². The van der Waals surface area contributed by atoms with Gasteiger partial charge in [-0.25, -0.2) is 0 Å². The molecule has 0 atom stereocenters. The number of hydrogen-bond acceptors (Lipinski definition) is 6. The minimum atomic E-state index is -0.286. The van der Waals surface area contributed by atoms with Crippen LogP contribution in [0.3, 0.4) is 0 Å². The molecule has 0 saturated heterocycles. The third-order valence-corrected chi connectivity index (χ3v) is 6.05. The zero-order valence-corrected chi connectivity index (χ0v) is 17.5. The summed E-state index contributed by atoms with van der Waals surface area (Å²) >= 11 is 0. The highest BCUT2D eigenvalue weighted by molar-refractivity contribution is 6.26. The van der Waals surface area contributed by atoms with Crippen molar-refractivity contribution in [1.82, 2.24) is 0 Å². The summed E-state index contributed by atoms with van der Waals surface area (Å²) in [6.45, 7) is 16.8. The second kappa shape index (κ2) is 6.29. The van der Waals surface area contributed by atoms with Crippen LogP contribution in [0, 0.1) is 16.2 Å². The van der Waals surface area contributed by atoms with Crippen LogP contribution in [0.1, 0.15) is 55.4 Å². The van der Waals surface area contributed by atoms with Crippen LogP contribution in [-0.4, -0.2) is 34.3 Å². The van der Waals surface area contributed by atoms with Gasteiger partial charge in [-0.1, -0.05) is 0 Å². The molecular weight excluding hydrogens is 336 g/mol. The Morgan fingerprint density at radius 2 is 0.704 bits per heavy atom. The summed E-state index contributed by atoms with van der Waals surface area (Å²) < 4.78 is 0. The molecule has 6 heteroatoms. The highest BCUT2D eigenvalue weighted by Crippen LogP contribution is 2.31. The normalized spacial score (nSPS) is 25.5. The van der Waals surface area contributed by atoms with Gasteiger partial charge >= 0.3 is 0 Å². The van der Waals surface area contributed by atoms with Gasteiger partial charge in [-0.05, 0) is 79.7 Å². The minimum Gasteiger partial charge on any atom is -0.159 e. The van der Waals surface area contributed by atoms with Crippen LogP contribution >= 0.6 is 0 Å². The molecule has 142 valence electrons. The molecule has 0 aromatic carbocycles. The van der Waals surface area contributed by atoms with Crippen LogP contribution in [0.25, 0.3) is 0 Å². The third kappa shape index (κ3) is 3.17. The molecule has 3 aliphatic heterocycles. The fourth-order valence-corrected chi connectivity index (χ4v) is 2.90. The number of rotatable bonds is 4. The van der Waals surface area contributed by atoms with Gasteiger partial charge in [-0.3, -0.25) is 0 Å². The maximum atomic E-state index is 4.40. The molecule has 3 rings (SSSR count). The Morgan fingerprint density at radius 3 is 0.963 bits per heavy atom. The summed E-state index contributed by atoms with van der Waals surface area (Å²) in [7, 11) is 0. The van der Waals surface area contributed by atoms with E-state index in [-0.39, 0.29) is 16.2 Å². The first kappa shape index (κ1) is 19.3. The van der Waals surface area contributed by atoms with E-state index in [9.17, 15) is 0 Å². The van der Waals surface area contributed by atoms with Crippen molar-refractivity contribution in [2.45, 2.75) is 55.4 Å². The van der Waals surface area contributed by atoms with Crippen molar-refractivity contribution in [2.24, 2.45) is 46.9 Å². The van der Waals surface area contributed by atoms with E-state index in [4.69, 9.17) is 0 Å². The lowest BCUT2D eigenvalue weighted by Gasteiger charge is -2.21. The van der Waals surface area contributed by atoms with Gasteiger partial charge in [-0.15, -0.1) is 0 Å². The molecule has 27 heavy (non-hydrogen) atoms. The smallest absolute Gasteiger partial charge is 0.0747 e. The van der Waals surface area contributed by atoms with Crippen LogP contribution in [0.15, 0.2) is 54.9 Å². The Labute approximate surface area is 161 Å². The van der Waals surface area contributed by atoms with Crippen LogP contribution in [-0.2, 0) is 0 Å². The predicted octanol–water partition coefficient (Wildman–Crippen LogP) is 4.65. The van der Waals surface area contributed by atoms with E-state index < -0.39 is 0 Å². The van der Waals surface area contributed by atoms with E-state index in [0.29, 0.717) is 0 Å². The van der Waals surface area contributed by atoms with Crippen molar-refractivity contribution in [3.05, 3.63) is 24.3 Å². The van der Waals surface area contributed by atoms with E-state index in [1.165, 1.54) is 0 Å². The SMILES string of the molecule is CC1=NN=C(/C=C/C2=NN=C(/C=C/C3=NN=C(C)C3(C)C)C2(C)C)C1(C)C. The first-order chi connectivity index (χ1) is 12.5. The van der Waals surface area contributed by atoms with Gasteiger partial charge < -0.3 is 0 Å². The average molecular weight is 364 g/mol. The number of hydrogen-bond donors (Lipinski definition) is 0. The largest absolute Gasteiger partial charge is 0.159 e. The Bertz CT molecular complexity index is 840. The van der Waals surface area contributed by atoms with Crippen LogP contribution in [0.4, 0.5) is 0 Å². The fourth-order valence-electron chi connectivity index (χ4n) is 2.90. The molecule has 0 unspecified atom stereocenters. The topological polar surface area (TPSA) is 74.2 Å². The van der Waals surface area contributed by atoms with E-state index in [1.54, 1.807) is 0 Å². The van der Waals surface area contributed by atoms with Crippen molar-refractivity contribution < 1.29 is 0 Å². The number of nitrogens with zero attached hydrogens (tertiary/aromatic N) is 6. The lowest BCUT2D eigenvalue weighted by Crippen LogP contribution is -2.30. The molecule has 0 amide bonds. The minimum absolute atomic E-state index is 0.145. The summed E-state index contributed by atoms with van der Waals surface area (Å²) in [5, 5.41) is 25.8. The van der Waals surface area contributed by atoms with E-state index in [0.717, 1.165) is 34.3 Å². The molecule has 0 radical (unpaired) electrons. The Kier molecular flexibility index (Phi) is 4.49. The van der Waals surface area contributed by atoms with Crippen LogP contribution in [0.2, 0.25) is 0 Å². The second-order valence-electron chi connectivity index (χ2n) is 8.85. The molecule has 0 aliphatic carbocycles. The highest BCUT2D eigenvalue weighted by atomic mass is 15.3. The van der Waals surface area contributed by atoms with Gasteiger partial charge in [0.25, 0.3) is 0 Å². The predicted molar refractivity (Wildman–Crippen MR) is 116 cm³/mol. The van der Waals surface area contributed by atoms with Gasteiger partial charge in [0.15, 0.2) is 0 Å². The molecule has 0 bridgehead atoms. The van der Waals surface area contributed by atoms with Gasteiger partial charge in [0, 0.05) is 22.3 Å². The van der Waals surface area contributed by atoms with E-state index in [2.05, 4.69) is 72.2 Å². The zero-order valence-electron chi connectivity index (χ0n) is 17.5. The first-order valence-electron chi connectivity index (χ1n) is 9.26. The van der Waals surface area contributed by atoms with Gasteiger partial charge in [0.1, 0.15) is 0 Å². The summed E-state index contributed by atoms with van der Waals surface area (Å²) in [5.74, 6) is 0. The maximum absolute atomic E-state index is 4.40. The van der Waals surface area contributed by atoms with Crippen molar-refractivity contribution in [3.8, 4) is 0 Å². The Hall–Kier alpha value is -2.50. The maximum Gasteiger partial charge on any atom is 0.0747 e. The molecule has 6 nitrogen and oxygen atoms in total. The van der Waals surface area contributed by atoms with E-state index in [1.807, 2.05) is 38.2 Å². The monoisotopic (exact) mass is 364 g/mol. The van der Waals surface area contributed by atoms with Crippen molar-refractivity contribution in [1.29, 1.82) is 0 Å². The standard InChI is InChI=1S/C21H28N6/c1-13-19(3,4)15(24-22-13)9-11-17-21(7,8)18(27-26-17)12-10-16-20(5,6)14(2)23-25-16/h9-12H,1-8H3/b11-9+,12-10+. The fraction of sp³-hybridized carbons (Fsp3) is 0.524. The Morgan fingerprint density at radius 1 is 0.444 bits per heavy atom. The molecular formula is C21H28N6. The highest BCUT2D eigenvalue weighted by Gasteiger charge is 2.36. The lowest BCUT2D eigenvalue weighted by atomic mass is 9.79. The molecule has 0 saturated carbocycles. The molecule has 3 heterocycles. The van der Waals surface area contributed by atoms with Gasteiger partial charge in [0.05, 0.1) is 28.3 Å². The molecule has 0 spiro atoms. The van der Waals surface area contributed by atoms with Crippen molar-refractivity contribution >= 4 is 34.3 Å². The molecule has 0 aromatic heterocycles. The third-order valence-electron chi connectivity index (χ3n) is 6.05. The molecule has 0 fully saturated rings. The quantitative estimate of drug-likeness (QED) is 0.696. The van der Waals surface area contributed by atoms with Gasteiger partial charge in [-0.2, -0.15) is 30.6 Å². The van der Waals surface area contributed by atoms with Crippen LogP contribution < -0.4 is 0 Å². The van der Waals surface area contributed by atoms with Crippen LogP contribution in [0.5, 0.6) is 0 Å². The second-order valence-corrected chi connectivity index (χ2v) is 8.85. The number of allylic oxidation sites excluding steroid dienone is 4. The molecule has 3 aliphatic rings. The summed E-state index contributed by atoms with van der Waals surface area (Å²) in [6.07, 6.45) is 8.01. The molecule has 0 aromatic rings. The van der Waals surface area contributed by atoms with Crippen molar-refractivity contribution in [2.75, 3.05) is 0 Å². The average Bonchev–Trinajstić information content (AvgIpc) is 3.10. The zero-order chi connectivity index (χ0) is 20.0. The summed E-state index contributed by atoms with van der Waals surface area (Å²) in [4.78, 5) is 0. The van der Waals surface area contributed by atoms with Crippen molar-refractivity contribution in [3.63, 3.8) is 0 Å².